The van der Waals surface area contributed by atoms with Crippen LogP contribution in [-0.2, 0) is 11.2 Å². The molecule has 1 saturated heterocycles. The molecule has 3 amide bonds. The number of likely N-dealkylation sites (N-methyl/N-ethyl adjacent to an activating group) is 1. The highest BCUT2D eigenvalue weighted by Gasteiger charge is 2.31. The number of para-hydroxylation sites is 1. The summed E-state index contributed by atoms with van der Waals surface area (Å²) >= 11 is 18.4. The van der Waals surface area contributed by atoms with Gasteiger partial charge in [-0.15, -0.1) is 0 Å². The molecule has 2 heterocycles. The second kappa shape index (κ2) is 15.2. The van der Waals surface area contributed by atoms with Gasteiger partial charge in [0.25, 0.3) is 11.8 Å². The van der Waals surface area contributed by atoms with E-state index in [0.717, 1.165) is 23.9 Å². The van der Waals surface area contributed by atoms with E-state index >= 15 is 0 Å². The molecule has 1 aliphatic heterocycles. The SMILES string of the molecule is CN(C)CCNC(=O)c1ccccc1N1CCN(C(=O)[C@@H](Cc2ccc(Cl)cc2)NC(=O)c2cc(=O)c3cc(Cl)cc(Cl)c3o2)CC1. The van der Waals surface area contributed by atoms with Crippen molar-refractivity contribution < 1.29 is 18.8 Å². The van der Waals surface area contributed by atoms with Crippen molar-refractivity contribution in [3.63, 3.8) is 0 Å². The summed E-state index contributed by atoms with van der Waals surface area (Å²) in [5, 5.41) is 6.76. The van der Waals surface area contributed by atoms with Crippen LogP contribution in [0.4, 0.5) is 5.69 Å². The van der Waals surface area contributed by atoms with Gasteiger partial charge in [0.15, 0.2) is 16.8 Å². The summed E-state index contributed by atoms with van der Waals surface area (Å²) in [6.07, 6.45) is 0.173. The fourth-order valence-corrected chi connectivity index (χ4v) is 6.06. The van der Waals surface area contributed by atoms with Crippen LogP contribution < -0.4 is 21.0 Å². The number of hydrogen-bond donors (Lipinski definition) is 2. The number of fused-ring (bicyclic) bond motifs is 1. The summed E-state index contributed by atoms with van der Waals surface area (Å²) in [6, 6.07) is 17.3. The minimum Gasteiger partial charge on any atom is -0.449 e. The average Bonchev–Trinajstić information content (AvgIpc) is 3.05. The molecule has 1 aromatic heterocycles. The summed E-state index contributed by atoms with van der Waals surface area (Å²) in [4.78, 5) is 59.0. The summed E-state index contributed by atoms with van der Waals surface area (Å²) in [6.45, 7) is 2.94. The van der Waals surface area contributed by atoms with E-state index in [2.05, 4.69) is 15.5 Å². The number of benzene rings is 3. The van der Waals surface area contributed by atoms with Crippen LogP contribution in [0.15, 0.2) is 75.9 Å². The Morgan fingerprint density at radius 2 is 1.60 bits per heavy atom. The molecular weight excluding hydrogens is 665 g/mol. The van der Waals surface area contributed by atoms with Crippen molar-refractivity contribution >= 4 is 69.2 Å². The zero-order chi connectivity index (χ0) is 33.7. The van der Waals surface area contributed by atoms with Gasteiger partial charge in [-0.1, -0.05) is 59.1 Å². The van der Waals surface area contributed by atoms with Gasteiger partial charge in [-0.25, -0.2) is 0 Å². The van der Waals surface area contributed by atoms with Crippen LogP contribution in [0, 0.1) is 0 Å². The van der Waals surface area contributed by atoms with Crippen molar-refractivity contribution in [1.29, 1.82) is 0 Å². The Bertz CT molecular complexity index is 1840. The first-order valence-corrected chi connectivity index (χ1v) is 16.2. The second-order valence-corrected chi connectivity index (χ2v) is 12.8. The van der Waals surface area contributed by atoms with Crippen LogP contribution in [-0.4, -0.2) is 86.9 Å². The van der Waals surface area contributed by atoms with Gasteiger partial charge >= 0.3 is 0 Å². The van der Waals surface area contributed by atoms with E-state index in [-0.39, 0.29) is 45.0 Å². The van der Waals surface area contributed by atoms with Gasteiger partial charge in [0.05, 0.1) is 16.0 Å². The number of piperazine rings is 1. The quantitative estimate of drug-likeness (QED) is 0.246. The smallest absolute Gasteiger partial charge is 0.287 e. The molecule has 10 nitrogen and oxygen atoms in total. The molecular formula is C34H34Cl3N5O5. The predicted molar refractivity (Wildman–Crippen MR) is 185 cm³/mol. The third-order valence-electron chi connectivity index (χ3n) is 7.85. The minimum absolute atomic E-state index is 0.0251. The summed E-state index contributed by atoms with van der Waals surface area (Å²) in [7, 11) is 3.89. The van der Waals surface area contributed by atoms with Crippen molar-refractivity contribution in [3.05, 3.63) is 109 Å². The van der Waals surface area contributed by atoms with Crippen molar-refractivity contribution in [3.8, 4) is 0 Å². The first-order valence-electron chi connectivity index (χ1n) is 15.0. The van der Waals surface area contributed by atoms with Crippen molar-refractivity contribution in [2.24, 2.45) is 0 Å². The maximum absolute atomic E-state index is 14.0. The van der Waals surface area contributed by atoms with Crippen LogP contribution in [0.1, 0.15) is 26.5 Å². The molecule has 2 N–H and O–H groups in total. The lowest BCUT2D eigenvalue weighted by Gasteiger charge is -2.38. The van der Waals surface area contributed by atoms with E-state index in [9.17, 15) is 19.2 Å². The van der Waals surface area contributed by atoms with Gasteiger partial charge in [-0.3, -0.25) is 19.2 Å². The largest absolute Gasteiger partial charge is 0.449 e. The molecule has 246 valence electrons. The zero-order valence-corrected chi connectivity index (χ0v) is 28.2. The number of halogens is 3. The molecule has 1 fully saturated rings. The van der Waals surface area contributed by atoms with Gasteiger partial charge in [0.2, 0.25) is 5.91 Å². The van der Waals surface area contributed by atoms with Crippen molar-refractivity contribution in [2.45, 2.75) is 12.5 Å². The summed E-state index contributed by atoms with van der Waals surface area (Å²) in [5.41, 5.74) is 1.66. The predicted octanol–water partition coefficient (Wildman–Crippen LogP) is 4.73. The van der Waals surface area contributed by atoms with Gasteiger partial charge in [-0.2, -0.15) is 0 Å². The van der Waals surface area contributed by atoms with Gasteiger partial charge in [0, 0.05) is 67.5 Å². The molecule has 3 aromatic carbocycles. The third-order valence-corrected chi connectivity index (χ3v) is 8.60. The lowest BCUT2D eigenvalue weighted by molar-refractivity contribution is -0.133. The summed E-state index contributed by atoms with van der Waals surface area (Å²) < 4.78 is 5.73. The zero-order valence-electron chi connectivity index (χ0n) is 25.9. The molecule has 0 spiro atoms. The van der Waals surface area contributed by atoms with E-state index in [0.29, 0.717) is 43.3 Å². The molecule has 0 radical (unpaired) electrons. The molecule has 47 heavy (non-hydrogen) atoms. The molecule has 0 aliphatic carbocycles. The number of carbonyl (C=O) groups is 3. The highest BCUT2D eigenvalue weighted by Crippen LogP contribution is 2.27. The molecule has 1 aliphatic rings. The van der Waals surface area contributed by atoms with Crippen LogP contribution in [0.2, 0.25) is 15.1 Å². The van der Waals surface area contributed by atoms with E-state index in [1.807, 2.05) is 37.2 Å². The van der Waals surface area contributed by atoms with Crippen LogP contribution in [0.3, 0.4) is 0 Å². The molecule has 1 atom stereocenters. The number of hydrogen-bond acceptors (Lipinski definition) is 7. The Kier molecular flexibility index (Phi) is 11.1. The number of amides is 3. The van der Waals surface area contributed by atoms with E-state index in [1.165, 1.54) is 12.1 Å². The minimum atomic E-state index is -0.980. The molecule has 5 rings (SSSR count). The van der Waals surface area contributed by atoms with E-state index in [1.54, 1.807) is 35.2 Å². The Balaban J connectivity index is 1.32. The summed E-state index contributed by atoms with van der Waals surface area (Å²) in [5.74, 6) is -1.48. The molecule has 0 unspecified atom stereocenters. The average molecular weight is 699 g/mol. The Labute approximate surface area is 287 Å². The monoisotopic (exact) mass is 697 g/mol. The van der Waals surface area contributed by atoms with Gasteiger partial charge in [0.1, 0.15) is 6.04 Å². The third kappa shape index (κ3) is 8.44. The first kappa shape index (κ1) is 34.3. The number of nitrogens with one attached hydrogen (secondary N) is 2. The molecule has 0 saturated carbocycles. The van der Waals surface area contributed by atoms with E-state index in [4.69, 9.17) is 39.2 Å². The second-order valence-electron chi connectivity index (χ2n) is 11.5. The van der Waals surface area contributed by atoms with E-state index < -0.39 is 17.4 Å². The maximum Gasteiger partial charge on any atom is 0.287 e. The van der Waals surface area contributed by atoms with Gasteiger partial charge < -0.3 is 29.8 Å². The molecule has 4 aromatic rings. The lowest BCUT2D eigenvalue weighted by atomic mass is 10.0. The molecule has 0 bridgehead atoms. The van der Waals surface area contributed by atoms with Crippen LogP contribution >= 0.6 is 34.8 Å². The number of anilines is 1. The Morgan fingerprint density at radius 1 is 0.894 bits per heavy atom. The fourth-order valence-electron chi connectivity index (χ4n) is 5.40. The van der Waals surface area contributed by atoms with Crippen molar-refractivity contribution in [2.75, 3.05) is 58.3 Å². The lowest BCUT2D eigenvalue weighted by Crippen LogP contribution is -2.55. The first-order chi connectivity index (χ1) is 22.5. The highest BCUT2D eigenvalue weighted by molar-refractivity contribution is 6.38. The standard InChI is InChI=1S/C34H34Cl3N5O5/c1-40(2)12-11-38-32(44)24-5-3-4-6-28(24)41-13-15-42(16-14-41)34(46)27(17-21-7-9-22(35)10-8-21)39-33(45)30-20-29(43)25-18-23(36)19-26(37)31(25)47-30/h3-10,18-20,27H,11-17H2,1-2H3,(H,38,44)(H,39,45)/t27-/m1/s1. The number of rotatable bonds is 10. The Morgan fingerprint density at radius 3 is 2.30 bits per heavy atom. The normalized spacial score (nSPS) is 13.9. The van der Waals surface area contributed by atoms with Crippen LogP contribution in [0.5, 0.6) is 0 Å². The number of nitrogens with zero attached hydrogens (tertiary/aromatic N) is 3. The van der Waals surface area contributed by atoms with Crippen LogP contribution in [0.25, 0.3) is 11.0 Å². The van der Waals surface area contributed by atoms with Crippen molar-refractivity contribution in [1.82, 2.24) is 20.4 Å². The molecule has 13 heteroatoms. The topological polar surface area (TPSA) is 115 Å². The van der Waals surface area contributed by atoms with Gasteiger partial charge in [-0.05, 0) is 56.1 Å². The fraction of sp³-hybridized carbons (Fsp3) is 0.294. The Hall–Kier alpha value is -4.09. The maximum atomic E-state index is 14.0. The number of carbonyl (C=O) groups excluding carboxylic acids is 3. The highest BCUT2D eigenvalue weighted by atomic mass is 35.5.